The van der Waals surface area contributed by atoms with Gasteiger partial charge < -0.3 is 10.4 Å². The number of hydrogen-bond donors (Lipinski definition) is 2. The van der Waals surface area contributed by atoms with Crippen LogP contribution in [0.4, 0.5) is 0 Å². The highest BCUT2D eigenvalue weighted by Gasteiger charge is 2.25. The molecule has 22 heavy (non-hydrogen) atoms. The van der Waals surface area contributed by atoms with Gasteiger partial charge in [-0.3, -0.25) is 9.78 Å². The largest absolute Gasteiger partial charge is 0.393 e. The lowest BCUT2D eigenvalue weighted by Crippen LogP contribution is -2.32. The number of carbonyl (C=O) groups is 1. The van der Waals surface area contributed by atoms with Gasteiger partial charge in [0.2, 0.25) is 0 Å². The van der Waals surface area contributed by atoms with E-state index in [0.717, 1.165) is 41.3 Å². The molecule has 0 bridgehead atoms. The van der Waals surface area contributed by atoms with E-state index in [1.807, 2.05) is 26.0 Å². The molecule has 3 rings (SSSR count). The van der Waals surface area contributed by atoms with Crippen molar-refractivity contribution in [3.63, 3.8) is 0 Å². The Morgan fingerprint density at radius 1 is 1.36 bits per heavy atom. The molecule has 1 heterocycles. The van der Waals surface area contributed by atoms with E-state index < -0.39 is 0 Å². The van der Waals surface area contributed by atoms with Crippen molar-refractivity contribution in [2.24, 2.45) is 5.92 Å². The Labute approximate surface area is 130 Å². The standard InChI is InChI=1S/C18H22N2O2/c1-11-8-14-12(2)6-7-19-17(14)15(9-11)18(22)20-10-13-4-3-5-16(13)21/h6-9,13,16,21H,3-5,10H2,1-2H3,(H,20,22)/t13-,16-/m0/s1. The van der Waals surface area contributed by atoms with E-state index in [0.29, 0.717) is 12.1 Å². The molecule has 0 aliphatic heterocycles. The van der Waals surface area contributed by atoms with Crippen molar-refractivity contribution in [2.75, 3.05) is 6.54 Å². The average Bonchev–Trinajstić information content (AvgIpc) is 2.90. The first-order chi connectivity index (χ1) is 10.6. The van der Waals surface area contributed by atoms with Crippen molar-refractivity contribution in [3.05, 3.63) is 41.1 Å². The summed E-state index contributed by atoms with van der Waals surface area (Å²) in [5.41, 5.74) is 3.53. The van der Waals surface area contributed by atoms with Crippen molar-refractivity contribution in [2.45, 2.75) is 39.2 Å². The normalized spacial score (nSPS) is 21.2. The van der Waals surface area contributed by atoms with E-state index in [-0.39, 0.29) is 17.9 Å². The van der Waals surface area contributed by atoms with Gasteiger partial charge in [-0.1, -0.05) is 6.42 Å². The first-order valence-electron chi connectivity index (χ1n) is 7.88. The minimum atomic E-state index is -0.282. The molecule has 2 N–H and O–H groups in total. The number of aryl methyl sites for hydroxylation is 2. The number of aliphatic hydroxyl groups excluding tert-OH is 1. The maximum atomic E-state index is 12.6. The molecule has 4 nitrogen and oxygen atoms in total. The summed E-state index contributed by atoms with van der Waals surface area (Å²) in [6, 6.07) is 5.91. The summed E-state index contributed by atoms with van der Waals surface area (Å²) in [5, 5.41) is 13.9. The Hall–Kier alpha value is -1.94. The summed E-state index contributed by atoms with van der Waals surface area (Å²) in [6.07, 6.45) is 4.32. The van der Waals surface area contributed by atoms with Gasteiger partial charge in [-0.2, -0.15) is 0 Å². The number of hydrogen-bond acceptors (Lipinski definition) is 3. The third-order valence-electron chi connectivity index (χ3n) is 4.60. The second-order valence-corrected chi connectivity index (χ2v) is 6.30. The third-order valence-corrected chi connectivity index (χ3v) is 4.60. The Kier molecular flexibility index (Phi) is 4.12. The number of carbonyl (C=O) groups excluding carboxylic acids is 1. The van der Waals surface area contributed by atoms with Crippen LogP contribution in [0.5, 0.6) is 0 Å². The highest BCUT2D eigenvalue weighted by Crippen LogP contribution is 2.25. The summed E-state index contributed by atoms with van der Waals surface area (Å²) >= 11 is 0. The number of nitrogens with zero attached hydrogens (tertiary/aromatic N) is 1. The molecule has 2 aromatic rings. The highest BCUT2D eigenvalue weighted by molar-refractivity contribution is 6.06. The van der Waals surface area contributed by atoms with Crippen LogP contribution in [-0.4, -0.2) is 28.6 Å². The molecule has 1 aliphatic rings. The molecule has 116 valence electrons. The molecule has 0 saturated heterocycles. The number of fused-ring (bicyclic) bond motifs is 1. The van der Waals surface area contributed by atoms with Gasteiger partial charge in [0.1, 0.15) is 0 Å². The van der Waals surface area contributed by atoms with Crippen molar-refractivity contribution in [1.29, 1.82) is 0 Å². The lowest BCUT2D eigenvalue weighted by atomic mass is 10.0. The number of pyridine rings is 1. The van der Waals surface area contributed by atoms with Crippen LogP contribution in [0.15, 0.2) is 24.4 Å². The lowest BCUT2D eigenvalue weighted by molar-refractivity contribution is 0.0918. The molecule has 1 saturated carbocycles. The first kappa shape index (κ1) is 15.0. The van der Waals surface area contributed by atoms with Gasteiger partial charge in [0.05, 0.1) is 17.2 Å². The number of aromatic nitrogens is 1. The molecule has 1 aromatic carbocycles. The highest BCUT2D eigenvalue weighted by atomic mass is 16.3. The molecule has 0 spiro atoms. The fourth-order valence-electron chi connectivity index (χ4n) is 3.28. The van der Waals surface area contributed by atoms with E-state index in [2.05, 4.69) is 16.4 Å². The zero-order chi connectivity index (χ0) is 15.7. The molecule has 0 radical (unpaired) electrons. The van der Waals surface area contributed by atoms with Crippen LogP contribution >= 0.6 is 0 Å². The first-order valence-corrected chi connectivity index (χ1v) is 7.88. The van der Waals surface area contributed by atoms with Crippen molar-refractivity contribution in [1.82, 2.24) is 10.3 Å². The predicted molar refractivity (Wildman–Crippen MR) is 86.9 cm³/mol. The Bertz CT molecular complexity index is 712. The Morgan fingerprint density at radius 2 is 2.18 bits per heavy atom. The fourth-order valence-corrected chi connectivity index (χ4v) is 3.28. The van der Waals surface area contributed by atoms with E-state index in [1.165, 1.54) is 0 Å². The van der Waals surface area contributed by atoms with Crippen LogP contribution in [0.1, 0.15) is 40.7 Å². The predicted octanol–water partition coefficient (Wildman–Crippen LogP) is 2.74. The van der Waals surface area contributed by atoms with Gasteiger partial charge in [-0.15, -0.1) is 0 Å². The number of aliphatic hydroxyl groups is 1. The zero-order valence-electron chi connectivity index (χ0n) is 13.1. The summed E-state index contributed by atoms with van der Waals surface area (Å²) in [6.45, 7) is 4.55. The smallest absolute Gasteiger partial charge is 0.253 e. The Morgan fingerprint density at radius 3 is 2.91 bits per heavy atom. The summed E-state index contributed by atoms with van der Waals surface area (Å²) in [7, 11) is 0. The summed E-state index contributed by atoms with van der Waals surface area (Å²) < 4.78 is 0. The van der Waals surface area contributed by atoms with Gasteiger partial charge in [0.25, 0.3) is 5.91 Å². The van der Waals surface area contributed by atoms with E-state index in [9.17, 15) is 9.90 Å². The molecule has 1 aliphatic carbocycles. The van der Waals surface area contributed by atoms with Gasteiger partial charge >= 0.3 is 0 Å². The summed E-state index contributed by atoms with van der Waals surface area (Å²) in [4.78, 5) is 16.9. The van der Waals surface area contributed by atoms with Crippen LogP contribution in [0.2, 0.25) is 0 Å². The third kappa shape index (κ3) is 2.83. The lowest BCUT2D eigenvalue weighted by Gasteiger charge is -2.16. The van der Waals surface area contributed by atoms with Crippen LogP contribution in [0.3, 0.4) is 0 Å². The molecule has 0 unspecified atom stereocenters. The second-order valence-electron chi connectivity index (χ2n) is 6.30. The molecule has 1 fully saturated rings. The van der Waals surface area contributed by atoms with Crippen LogP contribution in [-0.2, 0) is 0 Å². The summed E-state index contributed by atoms with van der Waals surface area (Å²) in [5.74, 6) is 0.0700. The molecule has 4 heteroatoms. The van der Waals surface area contributed by atoms with Crippen molar-refractivity contribution >= 4 is 16.8 Å². The van der Waals surface area contributed by atoms with Gasteiger partial charge in [0.15, 0.2) is 0 Å². The Balaban J connectivity index is 1.86. The number of nitrogens with one attached hydrogen (secondary N) is 1. The maximum absolute atomic E-state index is 12.6. The van der Waals surface area contributed by atoms with Crippen molar-refractivity contribution < 1.29 is 9.90 Å². The van der Waals surface area contributed by atoms with Crippen LogP contribution in [0.25, 0.3) is 10.9 Å². The maximum Gasteiger partial charge on any atom is 0.253 e. The minimum Gasteiger partial charge on any atom is -0.393 e. The number of amides is 1. The SMILES string of the molecule is Cc1cc(C(=O)NC[C@@H]2CCC[C@@H]2O)c2nccc(C)c2c1. The van der Waals surface area contributed by atoms with Gasteiger partial charge in [0, 0.05) is 24.0 Å². The zero-order valence-corrected chi connectivity index (χ0v) is 13.1. The average molecular weight is 298 g/mol. The van der Waals surface area contributed by atoms with E-state index in [1.54, 1.807) is 6.20 Å². The molecule has 1 amide bonds. The fraction of sp³-hybridized carbons (Fsp3) is 0.444. The van der Waals surface area contributed by atoms with Gasteiger partial charge in [-0.05, 0) is 56.0 Å². The van der Waals surface area contributed by atoms with Crippen molar-refractivity contribution in [3.8, 4) is 0 Å². The van der Waals surface area contributed by atoms with E-state index in [4.69, 9.17) is 0 Å². The van der Waals surface area contributed by atoms with Crippen LogP contribution < -0.4 is 5.32 Å². The minimum absolute atomic E-state index is 0.106. The molecular formula is C18H22N2O2. The molecule has 1 aromatic heterocycles. The number of rotatable bonds is 3. The van der Waals surface area contributed by atoms with Gasteiger partial charge in [-0.25, -0.2) is 0 Å². The monoisotopic (exact) mass is 298 g/mol. The topological polar surface area (TPSA) is 62.2 Å². The van der Waals surface area contributed by atoms with Crippen LogP contribution in [0, 0.1) is 19.8 Å². The molecular weight excluding hydrogens is 276 g/mol. The molecule has 2 atom stereocenters. The second kappa shape index (κ2) is 6.05. The number of benzene rings is 1. The van der Waals surface area contributed by atoms with E-state index >= 15 is 0 Å². The quantitative estimate of drug-likeness (QED) is 0.916.